The average molecular weight is 250 g/mol. The molecule has 1 aromatic rings. The number of carbonyl (C=O) groups is 1. The topological polar surface area (TPSA) is 55.6 Å². The summed E-state index contributed by atoms with van der Waals surface area (Å²) < 4.78 is 5.13. The van der Waals surface area contributed by atoms with Crippen molar-refractivity contribution in [3.05, 3.63) is 29.8 Å². The fraction of sp³-hybridized carbons (Fsp3) is 0.500. The van der Waals surface area contributed by atoms with E-state index in [-0.39, 0.29) is 5.91 Å². The van der Waals surface area contributed by atoms with E-state index in [1.165, 1.54) is 0 Å². The zero-order valence-corrected chi connectivity index (χ0v) is 11.3. The second-order valence-electron chi connectivity index (χ2n) is 4.42. The number of methoxy groups -OCH3 is 1. The fourth-order valence-corrected chi connectivity index (χ4v) is 1.75. The van der Waals surface area contributed by atoms with Crippen molar-refractivity contribution in [2.45, 2.75) is 13.8 Å². The van der Waals surface area contributed by atoms with Crippen LogP contribution in [0.25, 0.3) is 0 Å². The maximum absolute atomic E-state index is 12.3. The summed E-state index contributed by atoms with van der Waals surface area (Å²) in [7, 11) is 1.59. The van der Waals surface area contributed by atoms with E-state index in [1.54, 1.807) is 19.2 Å². The molecule has 1 rings (SSSR count). The Kier molecular flexibility index (Phi) is 5.65. The molecule has 1 atom stereocenters. The van der Waals surface area contributed by atoms with Crippen molar-refractivity contribution in [3.63, 3.8) is 0 Å². The van der Waals surface area contributed by atoms with E-state index in [0.717, 1.165) is 0 Å². The van der Waals surface area contributed by atoms with Gasteiger partial charge in [0.15, 0.2) is 0 Å². The van der Waals surface area contributed by atoms with E-state index < -0.39 is 0 Å². The van der Waals surface area contributed by atoms with Crippen LogP contribution in [0.2, 0.25) is 0 Å². The molecule has 4 heteroatoms. The molecule has 0 spiro atoms. The average Bonchev–Trinajstić information content (AvgIpc) is 2.43. The van der Waals surface area contributed by atoms with E-state index in [9.17, 15) is 4.79 Å². The molecule has 1 unspecified atom stereocenters. The zero-order valence-electron chi connectivity index (χ0n) is 11.3. The summed E-state index contributed by atoms with van der Waals surface area (Å²) in [5.41, 5.74) is 6.25. The highest BCUT2D eigenvalue weighted by molar-refractivity contribution is 5.94. The third-order valence-corrected chi connectivity index (χ3v) is 2.92. The lowest BCUT2D eigenvalue weighted by Gasteiger charge is -2.24. The minimum absolute atomic E-state index is 0.0247. The van der Waals surface area contributed by atoms with Crippen molar-refractivity contribution in [2.75, 3.05) is 26.7 Å². The van der Waals surface area contributed by atoms with Gasteiger partial charge >= 0.3 is 0 Å². The molecule has 1 amide bonds. The van der Waals surface area contributed by atoms with Crippen molar-refractivity contribution in [1.29, 1.82) is 0 Å². The summed E-state index contributed by atoms with van der Waals surface area (Å²) in [5.74, 6) is 1.03. The molecule has 0 heterocycles. The van der Waals surface area contributed by atoms with Crippen LogP contribution in [0.4, 0.5) is 0 Å². The van der Waals surface area contributed by atoms with Gasteiger partial charge in [0.1, 0.15) is 5.75 Å². The monoisotopic (exact) mass is 250 g/mol. The van der Waals surface area contributed by atoms with E-state index >= 15 is 0 Å². The number of hydrogen-bond acceptors (Lipinski definition) is 3. The Morgan fingerprint density at radius 3 is 2.78 bits per heavy atom. The summed E-state index contributed by atoms with van der Waals surface area (Å²) >= 11 is 0. The maximum atomic E-state index is 12.3. The molecule has 0 saturated carbocycles. The van der Waals surface area contributed by atoms with Crippen LogP contribution in [0.5, 0.6) is 5.75 Å². The second-order valence-corrected chi connectivity index (χ2v) is 4.42. The van der Waals surface area contributed by atoms with Gasteiger partial charge in [-0.2, -0.15) is 0 Å². The molecular weight excluding hydrogens is 228 g/mol. The van der Waals surface area contributed by atoms with Crippen molar-refractivity contribution in [2.24, 2.45) is 11.7 Å². The van der Waals surface area contributed by atoms with Gasteiger partial charge in [-0.25, -0.2) is 0 Å². The molecule has 0 aliphatic rings. The molecule has 0 aromatic heterocycles. The van der Waals surface area contributed by atoms with Gasteiger partial charge in [-0.05, 0) is 37.6 Å². The molecule has 0 saturated heterocycles. The van der Waals surface area contributed by atoms with Crippen LogP contribution in [0.15, 0.2) is 24.3 Å². The summed E-state index contributed by atoms with van der Waals surface area (Å²) in [6.07, 6.45) is 0. The molecule has 0 fully saturated rings. The summed E-state index contributed by atoms with van der Waals surface area (Å²) in [5, 5.41) is 0. The quantitative estimate of drug-likeness (QED) is 0.837. The first kappa shape index (κ1) is 14.5. The summed E-state index contributed by atoms with van der Waals surface area (Å²) in [6.45, 7) is 5.97. The minimum atomic E-state index is 0.0247. The molecule has 4 nitrogen and oxygen atoms in total. The molecule has 0 aliphatic heterocycles. The largest absolute Gasteiger partial charge is 0.497 e. The Balaban J connectivity index is 2.82. The number of carbonyl (C=O) groups excluding carboxylic acids is 1. The van der Waals surface area contributed by atoms with Crippen LogP contribution in [-0.4, -0.2) is 37.6 Å². The standard InChI is InChI=1S/C14H22N2O2/c1-4-16(10-11(2)9-15)14(17)12-6-5-7-13(8-12)18-3/h5-8,11H,4,9-10,15H2,1-3H3. The normalized spacial score (nSPS) is 12.0. The van der Waals surface area contributed by atoms with Crippen LogP contribution in [-0.2, 0) is 0 Å². The van der Waals surface area contributed by atoms with Gasteiger partial charge in [0, 0.05) is 18.7 Å². The van der Waals surface area contributed by atoms with Crippen molar-refractivity contribution in [3.8, 4) is 5.75 Å². The number of hydrogen-bond donors (Lipinski definition) is 1. The first-order chi connectivity index (χ1) is 8.62. The van der Waals surface area contributed by atoms with Crippen molar-refractivity contribution < 1.29 is 9.53 Å². The lowest BCUT2D eigenvalue weighted by molar-refractivity contribution is 0.0743. The SMILES string of the molecule is CCN(CC(C)CN)C(=O)c1cccc(OC)c1. The maximum Gasteiger partial charge on any atom is 0.253 e. The lowest BCUT2D eigenvalue weighted by Crippen LogP contribution is -2.36. The third kappa shape index (κ3) is 3.74. The Morgan fingerprint density at radius 1 is 1.50 bits per heavy atom. The van der Waals surface area contributed by atoms with Crippen LogP contribution in [0.3, 0.4) is 0 Å². The summed E-state index contributed by atoms with van der Waals surface area (Å²) in [6, 6.07) is 7.22. The summed E-state index contributed by atoms with van der Waals surface area (Å²) in [4.78, 5) is 14.1. The number of rotatable bonds is 6. The van der Waals surface area contributed by atoms with E-state index in [2.05, 4.69) is 0 Å². The molecule has 100 valence electrons. The fourth-order valence-electron chi connectivity index (χ4n) is 1.75. The van der Waals surface area contributed by atoms with Gasteiger partial charge in [0.05, 0.1) is 7.11 Å². The van der Waals surface area contributed by atoms with Gasteiger partial charge in [-0.3, -0.25) is 4.79 Å². The van der Waals surface area contributed by atoms with Gasteiger partial charge in [-0.15, -0.1) is 0 Å². The number of amides is 1. The molecule has 0 radical (unpaired) electrons. The van der Waals surface area contributed by atoms with Crippen LogP contribution < -0.4 is 10.5 Å². The van der Waals surface area contributed by atoms with Gasteiger partial charge in [0.2, 0.25) is 0 Å². The first-order valence-electron chi connectivity index (χ1n) is 6.25. The third-order valence-electron chi connectivity index (χ3n) is 2.92. The molecule has 2 N–H and O–H groups in total. The van der Waals surface area contributed by atoms with Gasteiger partial charge in [0.25, 0.3) is 5.91 Å². The Labute approximate surface area is 109 Å². The molecule has 0 bridgehead atoms. The van der Waals surface area contributed by atoms with Gasteiger partial charge in [-0.1, -0.05) is 13.0 Å². The highest BCUT2D eigenvalue weighted by Gasteiger charge is 2.16. The predicted octanol–water partition coefficient (Wildman–Crippen LogP) is 1.75. The highest BCUT2D eigenvalue weighted by Crippen LogP contribution is 2.15. The van der Waals surface area contributed by atoms with E-state index in [0.29, 0.717) is 36.9 Å². The Morgan fingerprint density at radius 2 is 2.22 bits per heavy atom. The van der Waals surface area contributed by atoms with E-state index in [4.69, 9.17) is 10.5 Å². The molecule has 18 heavy (non-hydrogen) atoms. The van der Waals surface area contributed by atoms with Crippen molar-refractivity contribution in [1.82, 2.24) is 4.90 Å². The number of nitrogens with zero attached hydrogens (tertiary/aromatic N) is 1. The first-order valence-corrected chi connectivity index (χ1v) is 6.25. The zero-order chi connectivity index (χ0) is 13.5. The number of benzene rings is 1. The van der Waals surface area contributed by atoms with Crippen LogP contribution in [0, 0.1) is 5.92 Å². The smallest absolute Gasteiger partial charge is 0.253 e. The Hall–Kier alpha value is -1.55. The lowest BCUT2D eigenvalue weighted by atomic mass is 10.1. The minimum Gasteiger partial charge on any atom is -0.497 e. The van der Waals surface area contributed by atoms with Crippen LogP contribution in [0.1, 0.15) is 24.2 Å². The van der Waals surface area contributed by atoms with E-state index in [1.807, 2.05) is 30.9 Å². The molecule has 0 aliphatic carbocycles. The molecule has 1 aromatic carbocycles. The molecular formula is C14H22N2O2. The van der Waals surface area contributed by atoms with Crippen molar-refractivity contribution >= 4 is 5.91 Å². The number of ether oxygens (including phenoxy) is 1. The highest BCUT2D eigenvalue weighted by atomic mass is 16.5. The predicted molar refractivity (Wildman–Crippen MR) is 72.8 cm³/mol. The number of nitrogens with two attached hydrogens (primary N) is 1. The second kappa shape index (κ2) is 7.01. The van der Waals surface area contributed by atoms with Gasteiger partial charge < -0.3 is 15.4 Å². The Bertz CT molecular complexity index is 393. The van der Waals surface area contributed by atoms with Crippen LogP contribution >= 0.6 is 0 Å².